The van der Waals surface area contributed by atoms with E-state index in [0.29, 0.717) is 5.92 Å². The van der Waals surface area contributed by atoms with E-state index in [9.17, 15) is 0 Å². The van der Waals surface area contributed by atoms with Gasteiger partial charge in [0.05, 0.1) is 10.9 Å². The largest absolute Gasteiger partial charge is 0.309 e. The van der Waals surface area contributed by atoms with Gasteiger partial charge in [0.2, 0.25) is 0 Å². The molecule has 5 rings (SSSR count). The van der Waals surface area contributed by atoms with Gasteiger partial charge in [0.1, 0.15) is 0 Å². The van der Waals surface area contributed by atoms with Crippen LogP contribution in [-0.4, -0.2) is 4.57 Å². The molecule has 0 bridgehead atoms. The summed E-state index contributed by atoms with van der Waals surface area (Å²) < 4.78 is 2.40. The summed E-state index contributed by atoms with van der Waals surface area (Å²) in [5.74, 6) is 0.304. The lowest BCUT2D eigenvalue weighted by Crippen LogP contribution is -2.30. The minimum Gasteiger partial charge on any atom is -0.309 e. The van der Waals surface area contributed by atoms with Crippen LogP contribution in [0.4, 0.5) is 0 Å². The van der Waals surface area contributed by atoms with E-state index in [0.717, 1.165) is 6.42 Å². The number of para-hydroxylation sites is 2. The topological polar surface area (TPSA) is 4.93 Å². The molecule has 0 aliphatic heterocycles. The zero-order valence-electron chi connectivity index (χ0n) is 16.0. The Morgan fingerprint density at radius 3 is 2.21 bits per heavy atom. The molecule has 1 aromatic heterocycles. The molecule has 0 saturated carbocycles. The SMILES string of the molecule is CCC1=c2c(n(-c3ccccc3)c3ccccc23)=CC=CC1c1ccccc1. The van der Waals surface area contributed by atoms with Crippen LogP contribution in [0.1, 0.15) is 24.8 Å². The maximum Gasteiger partial charge on any atom is 0.0541 e. The van der Waals surface area contributed by atoms with Crippen LogP contribution < -0.4 is 10.6 Å². The molecular formula is C27H23N. The minimum absolute atomic E-state index is 0.304. The zero-order chi connectivity index (χ0) is 18.9. The van der Waals surface area contributed by atoms with Crippen LogP contribution in [0.2, 0.25) is 0 Å². The summed E-state index contributed by atoms with van der Waals surface area (Å²) in [6, 6.07) is 30.3. The third-order valence-electron chi connectivity index (χ3n) is 5.72. The van der Waals surface area contributed by atoms with Crippen LogP contribution in [0.25, 0.3) is 28.2 Å². The standard InChI is InChI=1S/C27H23N/c1-2-22-23(20-12-5-3-6-13-20)17-11-19-26-27(22)24-16-9-10-18-25(24)28(26)21-14-7-4-8-15-21/h3-19,23H,2H2,1H3. The Bertz CT molecular complexity index is 1270. The summed E-state index contributed by atoms with van der Waals surface area (Å²) in [7, 11) is 0. The molecule has 1 atom stereocenters. The van der Waals surface area contributed by atoms with Crippen LogP contribution in [0, 0.1) is 0 Å². The third kappa shape index (κ3) is 2.63. The molecule has 136 valence electrons. The second kappa shape index (κ2) is 7.01. The van der Waals surface area contributed by atoms with Crippen LogP contribution >= 0.6 is 0 Å². The predicted molar refractivity (Wildman–Crippen MR) is 119 cm³/mol. The van der Waals surface area contributed by atoms with Gasteiger partial charge in [-0.15, -0.1) is 0 Å². The van der Waals surface area contributed by atoms with Gasteiger partial charge in [-0.3, -0.25) is 0 Å². The van der Waals surface area contributed by atoms with E-state index in [2.05, 4.69) is 115 Å². The van der Waals surface area contributed by atoms with Crippen molar-refractivity contribution in [2.75, 3.05) is 0 Å². The number of aromatic nitrogens is 1. The van der Waals surface area contributed by atoms with Crippen molar-refractivity contribution in [1.82, 2.24) is 4.57 Å². The molecule has 0 spiro atoms. The molecule has 0 saturated heterocycles. The fraction of sp³-hybridized carbons (Fsp3) is 0.111. The Morgan fingerprint density at radius 2 is 1.46 bits per heavy atom. The van der Waals surface area contributed by atoms with Gasteiger partial charge in [0.15, 0.2) is 0 Å². The number of fused-ring (bicyclic) bond motifs is 3. The highest BCUT2D eigenvalue weighted by Crippen LogP contribution is 2.30. The smallest absolute Gasteiger partial charge is 0.0541 e. The van der Waals surface area contributed by atoms with E-state index < -0.39 is 0 Å². The van der Waals surface area contributed by atoms with Gasteiger partial charge in [-0.25, -0.2) is 0 Å². The molecule has 0 amide bonds. The van der Waals surface area contributed by atoms with Gasteiger partial charge < -0.3 is 4.57 Å². The lowest BCUT2D eigenvalue weighted by atomic mass is 9.88. The Balaban J connectivity index is 1.94. The lowest BCUT2D eigenvalue weighted by molar-refractivity contribution is 1.01. The van der Waals surface area contributed by atoms with Gasteiger partial charge in [-0.2, -0.15) is 0 Å². The quantitative estimate of drug-likeness (QED) is 0.465. The van der Waals surface area contributed by atoms with Crippen LogP contribution in [-0.2, 0) is 0 Å². The molecule has 1 aliphatic carbocycles. The van der Waals surface area contributed by atoms with Crippen LogP contribution in [0.15, 0.2) is 97.1 Å². The van der Waals surface area contributed by atoms with Gasteiger partial charge in [-0.1, -0.05) is 85.8 Å². The number of benzene rings is 3. The van der Waals surface area contributed by atoms with Crippen molar-refractivity contribution in [1.29, 1.82) is 0 Å². The molecule has 1 aliphatic rings. The summed E-state index contributed by atoms with van der Waals surface area (Å²) in [4.78, 5) is 0. The fourth-order valence-electron chi connectivity index (χ4n) is 4.51. The molecule has 0 radical (unpaired) electrons. The third-order valence-corrected chi connectivity index (χ3v) is 5.72. The van der Waals surface area contributed by atoms with E-state index in [4.69, 9.17) is 0 Å². The average Bonchev–Trinajstić information content (AvgIpc) is 2.96. The second-order valence-corrected chi connectivity index (χ2v) is 7.27. The highest BCUT2D eigenvalue weighted by Gasteiger charge is 2.19. The van der Waals surface area contributed by atoms with E-state index in [-0.39, 0.29) is 0 Å². The molecule has 1 nitrogen and oxygen atoms in total. The number of rotatable bonds is 3. The summed E-state index contributed by atoms with van der Waals surface area (Å²) in [5.41, 5.74) is 5.31. The van der Waals surface area contributed by atoms with Crippen molar-refractivity contribution in [2.24, 2.45) is 0 Å². The fourth-order valence-corrected chi connectivity index (χ4v) is 4.51. The van der Waals surface area contributed by atoms with Crippen molar-refractivity contribution >= 4 is 22.6 Å². The second-order valence-electron chi connectivity index (χ2n) is 7.27. The number of allylic oxidation sites excluding steroid dienone is 2. The molecule has 0 N–H and O–H groups in total. The molecule has 1 heteroatoms. The summed E-state index contributed by atoms with van der Waals surface area (Å²) >= 11 is 0. The first-order valence-electron chi connectivity index (χ1n) is 10.00. The van der Waals surface area contributed by atoms with Gasteiger partial charge in [0, 0.05) is 22.2 Å². The van der Waals surface area contributed by atoms with Crippen LogP contribution in [0.3, 0.4) is 0 Å². The molecule has 1 unspecified atom stereocenters. The number of hydrogen-bond donors (Lipinski definition) is 0. The number of nitrogens with zero attached hydrogens (tertiary/aromatic N) is 1. The Morgan fingerprint density at radius 1 is 0.786 bits per heavy atom. The van der Waals surface area contributed by atoms with E-state index >= 15 is 0 Å². The average molecular weight is 361 g/mol. The molecule has 28 heavy (non-hydrogen) atoms. The van der Waals surface area contributed by atoms with Crippen molar-refractivity contribution in [3.8, 4) is 5.69 Å². The van der Waals surface area contributed by atoms with Gasteiger partial charge in [0.25, 0.3) is 0 Å². The molecule has 1 heterocycles. The Kier molecular flexibility index (Phi) is 4.21. The van der Waals surface area contributed by atoms with Crippen molar-refractivity contribution < 1.29 is 0 Å². The first kappa shape index (κ1) is 16.8. The molecule has 3 aromatic carbocycles. The monoisotopic (exact) mass is 361 g/mol. The minimum atomic E-state index is 0.304. The van der Waals surface area contributed by atoms with Crippen molar-refractivity contribution in [3.63, 3.8) is 0 Å². The summed E-state index contributed by atoms with van der Waals surface area (Å²) in [6.07, 6.45) is 7.88. The maximum atomic E-state index is 2.40. The first-order valence-corrected chi connectivity index (χ1v) is 10.00. The molecule has 0 fully saturated rings. The van der Waals surface area contributed by atoms with E-state index in [1.807, 2.05) is 0 Å². The lowest BCUT2D eigenvalue weighted by Gasteiger charge is -2.16. The summed E-state index contributed by atoms with van der Waals surface area (Å²) in [6.45, 7) is 2.28. The Hall–Kier alpha value is -3.32. The van der Waals surface area contributed by atoms with Gasteiger partial charge >= 0.3 is 0 Å². The summed E-state index contributed by atoms with van der Waals surface area (Å²) in [5, 5.41) is 4.00. The van der Waals surface area contributed by atoms with Crippen molar-refractivity contribution in [3.05, 3.63) is 113 Å². The normalized spacial score (nSPS) is 15.9. The van der Waals surface area contributed by atoms with E-state index in [1.54, 1.807) is 0 Å². The van der Waals surface area contributed by atoms with Crippen LogP contribution in [0.5, 0.6) is 0 Å². The number of hydrogen-bond acceptors (Lipinski definition) is 0. The van der Waals surface area contributed by atoms with Crippen molar-refractivity contribution in [2.45, 2.75) is 19.3 Å². The highest BCUT2D eigenvalue weighted by molar-refractivity contribution is 5.86. The molecular weight excluding hydrogens is 338 g/mol. The molecule has 4 aromatic rings. The van der Waals surface area contributed by atoms with Gasteiger partial charge in [-0.05, 0) is 41.8 Å². The zero-order valence-corrected chi connectivity index (χ0v) is 16.0. The first-order chi connectivity index (χ1) is 13.9. The van der Waals surface area contributed by atoms with E-state index in [1.165, 1.54) is 38.3 Å². The Labute approximate surface area is 165 Å². The predicted octanol–water partition coefficient (Wildman–Crippen LogP) is 5.33. The highest BCUT2D eigenvalue weighted by atomic mass is 15.0. The maximum absolute atomic E-state index is 2.40.